The zero-order valence-corrected chi connectivity index (χ0v) is 22.2. The molecule has 186 valence electrons. The Morgan fingerprint density at radius 1 is 0.475 bits per heavy atom. The van der Waals surface area contributed by atoms with Gasteiger partial charge in [0.25, 0.3) is 0 Å². The van der Waals surface area contributed by atoms with Crippen LogP contribution < -0.4 is 0 Å². The average Bonchev–Trinajstić information content (AvgIpc) is 3.52. The molecule has 0 bridgehead atoms. The van der Waals surface area contributed by atoms with Crippen LogP contribution in [0.4, 0.5) is 0 Å². The molecule has 0 aliphatic rings. The summed E-state index contributed by atoms with van der Waals surface area (Å²) in [5.41, 5.74) is 5.99. The molecule has 0 radical (unpaired) electrons. The molecule has 0 unspecified atom stereocenters. The third-order valence-corrected chi connectivity index (χ3v) is 9.06. The van der Waals surface area contributed by atoms with Crippen molar-refractivity contribution in [1.82, 2.24) is 14.5 Å². The van der Waals surface area contributed by atoms with Gasteiger partial charge in [0.2, 0.25) is 0 Å². The summed E-state index contributed by atoms with van der Waals surface area (Å²) in [5.74, 6) is 0.849. The number of hydrogen-bond donors (Lipinski definition) is 0. The second kappa shape index (κ2) is 8.22. The highest BCUT2D eigenvalue weighted by atomic mass is 32.1. The fourth-order valence-electron chi connectivity index (χ4n) is 6.09. The average molecular weight is 528 g/mol. The van der Waals surface area contributed by atoms with Crippen molar-refractivity contribution in [2.45, 2.75) is 0 Å². The topological polar surface area (TPSA) is 30.7 Å². The summed E-state index contributed by atoms with van der Waals surface area (Å²) in [5, 5.41) is 7.61. The Morgan fingerprint density at radius 3 is 1.98 bits per heavy atom. The summed E-state index contributed by atoms with van der Waals surface area (Å²) in [6.07, 6.45) is 0. The first-order valence-corrected chi connectivity index (χ1v) is 14.2. The van der Waals surface area contributed by atoms with Gasteiger partial charge in [-0.15, -0.1) is 11.3 Å². The first kappa shape index (κ1) is 21.8. The van der Waals surface area contributed by atoms with Gasteiger partial charge in [-0.1, -0.05) is 84.9 Å². The molecule has 9 aromatic rings. The first-order valence-electron chi connectivity index (χ1n) is 13.4. The van der Waals surface area contributed by atoms with Crippen molar-refractivity contribution in [2.75, 3.05) is 0 Å². The molecule has 3 aromatic heterocycles. The molecule has 4 heteroatoms. The summed E-state index contributed by atoms with van der Waals surface area (Å²) < 4.78 is 4.90. The molecule has 3 heterocycles. The molecule has 0 amide bonds. The summed E-state index contributed by atoms with van der Waals surface area (Å²) in [7, 11) is 0. The van der Waals surface area contributed by atoms with Crippen LogP contribution in [0.15, 0.2) is 127 Å². The van der Waals surface area contributed by atoms with E-state index >= 15 is 0 Å². The van der Waals surface area contributed by atoms with Gasteiger partial charge in [-0.05, 0) is 53.2 Å². The number of nitrogens with zero attached hydrogens (tertiary/aromatic N) is 3. The maximum atomic E-state index is 5.26. The smallest absolute Gasteiger partial charge is 0.165 e. The van der Waals surface area contributed by atoms with Gasteiger partial charge in [-0.2, -0.15) is 0 Å². The van der Waals surface area contributed by atoms with E-state index in [2.05, 4.69) is 102 Å². The number of fused-ring (bicyclic) bond motifs is 8. The third kappa shape index (κ3) is 3.11. The summed E-state index contributed by atoms with van der Waals surface area (Å²) in [6, 6.07) is 45.2. The van der Waals surface area contributed by atoms with Gasteiger partial charge in [-0.3, -0.25) is 4.57 Å². The Labute approximate surface area is 233 Å². The van der Waals surface area contributed by atoms with Crippen molar-refractivity contribution < 1.29 is 0 Å². The third-order valence-electron chi connectivity index (χ3n) is 7.94. The fraction of sp³-hybridized carbons (Fsp3) is 0. The van der Waals surface area contributed by atoms with Crippen LogP contribution in [0, 0.1) is 0 Å². The van der Waals surface area contributed by atoms with E-state index < -0.39 is 0 Å². The SMILES string of the molecule is c1ccc(-c2nc3ccccc3nc2-n2c3ccccc3c3cc4c(cc32)sc2cc3ccccc3cc24)cc1. The minimum atomic E-state index is 0.849. The van der Waals surface area contributed by atoms with E-state index in [0.29, 0.717) is 0 Å². The highest BCUT2D eigenvalue weighted by Gasteiger charge is 2.20. The highest BCUT2D eigenvalue weighted by Crippen LogP contribution is 2.42. The molecule has 0 saturated heterocycles. The van der Waals surface area contributed by atoms with Gasteiger partial charge < -0.3 is 0 Å². The lowest BCUT2D eigenvalue weighted by Gasteiger charge is -2.13. The van der Waals surface area contributed by atoms with Crippen LogP contribution in [-0.4, -0.2) is 14.5 Å². The molecule has 0 N–H and O–H groups in total. The Kier molecular flexibility index (Phi) is 4.48. The van der Waals surface area contributed by atoms with Gasteiger partial charge in [-0.25, -0.2) is 9.97 Å². The molecule has 40 heavy (non-hydrogen) atoms. The molecule has 6 aromatic carbocycles. The van der Waals surface area contributed by atoms with E-state index in [-0.39, 0.29) is 0 Å². The van der Waals surface area contributed by atoms with Crippen molar-refractivity contribution in [3.8, 4) is 17.1 Å². The lowest BCUT2D eigenvalue weighted by Crippen LogP contribution is -2.03. The summed E-state index contributed by atoms with van der Waals surface area (Å²) in [4.78, 5) is 10.4. The van der Waals surface area contributed by atoms with Gasteiger partial charge in [0.05, 0.1) is 22.1 Å². The van der Waals surface area contributed by atoms with E-state index in [1.807, 2.05) is 41.7 Å². The second-order valence-electron chi connectivity index (χ2n) is 10.3. The van der Waals surface area contributed by atoms with Gasteiger partial charge in [0.1, 0.15) is 5.69 Å². The summed E-state index contributed by atoms with van der Waals surface area (Å²) in [6.45, 7) is 0. The van der Waals surface area contributed by atoms with E-state index in [4.69, 9.17) is 9.97 Å². The minimum Gasteiger partial charge on any atom is -0.292 e. The molecule has 0 saturated carbocycles. The van der Waals surface area contributed by atoms with Crippen LogP contribution in [0.5, 0.6) is 0 Å². The highest BCUT2D eigenvalue weighted by molar-refractivity contribution is 7.26. The Morgan fingerprint density at radius 2 is 1.12 bits per heavy atom. The Hall–Kier alpha value is -5.06. The van der Waals surface area contributed by atoms with Gasteiger partial charge in [0, 0.05) is 36.5 Å². The molecule has 0 atom stereocenters. The molecule has 3 nitrogen and oxygen atoms in total. The standard InChI is InChI=1S/C36H21N3S/c1-2-10-22(11-3-1)35-36(38-30-16-8-7-15-29(30)37-35)39-31-17-9-6-14-25(31)26-20-28-27-18-23-12-4-5-13-24(23)19-33(27)40-34(28)21-32(26)39/h1-21H. The van der Waals surface area contributed by atoms with Crippen LogP contribution >= 0.6 is 11.3 Å². The number of benzene rings is 6. The number of aromatic nitrogens is 3. The van der Waals surface area contributed by atoms with Crippen molar-refractivity contribution >= 4 is 75.1 Å². The van der Waals surface area contributed by atoms with Crippen LogP contribution in [0.25, 0.3) is 80.9 Å². The zero-order chi connectivity index (χ0) is 26.2. The van der Waals surface area contributed by atoms with E-state index in [9.17, 15) is 0 Å². The van der Waals surface area contributed by atoms with Gasteiger partial charge >= 0.3 is 0 Å². The molecular formula is C36H21N3S. The molecular weight excluding hydrogens is 506 g/mol. The Bertz CT molecular complexity index is 2430. The lowest BCUT2D eigenvalue weighted by molar-refractivity contribution is 1.08. The zero-order valence-electron chi connectivity index (χ0n) is 21.4. The minimum absolute atomic E-state index is 0.849. The van der Waals surface area contributed by atoms with Crippen LogP contribution in [0.1, 0.15) is 0 Å². The quantitative estimate of drug-likeness (QED) is 0.224. The maximum Gasteiger partial charge on any atom is 0.165 e. The number of rotatable bonds is 2. The number of hydrogen-bond acceptors (Lipinski definition) is 3. The van der Waals surface area contributed by atoms with E-state index in [1.54, 1.807) is 0 Å². The van der Waals surface area contributed by atoms with Crippen molar-refractivity contribution in [3.63, 3.8) is 0 Å². The molecule has 0 spiro atoms. The molecule has 0 aliphatic carbocycles. The molecule has 9 rings (SSSR count). The predicted molar refractivity (Wildman–Crippen MR) is 170 cm³/mol. The largest absolute Gasteiger partial charge is 0.292 e. The normalized spacial score (nSPS) is 12.0. The second-order valence-corrected chi connectivity index (χ2v) is 11.3. The summed E-state index contributed by atoms with van der Waals surface area (Å²) >= 11 is 1.86. The monoisotopic (exact) mass is 527 g/mol. The van der Waals surface area contributed by atoms with E-state index in [1.165, 1.54) is 41.7 Å². The number of thiophene rings is 1. The van der Waals surface area contributed by atoms with Crippen molar-refractivity contribution in [2.24, 2.45) is 0 Å². The van der Waals surface area contributed by atoms with Crippen LogP contribution in [-0.2, 0) is 0 Å². The number of para-hydroxylation sites is 3. The maximum absolute atomic E-state index is 5.26. The van der Waals surface area contributed by atoms with Crippen molar-refractivity contribution in [3.05, 3.63) is 127 Å². The molecule has 0 aliphatic heterocycles. The van der Waals surface area contributed by atoms with Crippen molar-refractivity contribution in [1.29, 1.82) is 0 Å². The first-order chi connectivity index (χ1) is 19.8. The van der Waals surface area contributed by atoms with Crippen LogP contribution in [0.2, 0.25) is 0 Å². The van der Waals surface area contributed by atoms with Gasteiger partial charge in [0.15, 0.2) is 5.82 Å². The fourth-order valence-corrected chi connectivity index (χ4v) is 7.24. The molecule has 0 fully saturated rings. The Balaban J connectivity index is 1.43. The lowest BCUT2D eigenvalue weighted by atomic mass is 10.0. The van der Waals surface area contributed by atoms with Crippen LogP contribution in [0.3, 0.4) is 0 Å². The van der Waals surface area contributed by atoms with E-state index in [0.717, 1.165) is 39.1 Å². The predicted octanol–water partition coefficient (Wildman–Crippen LogP) is 9.91.